The quantitative estimate of drug-likeness (QED) is 0.508. The molecule has 5 nitrogen and oxygen atoms in total. The smallest absolute Gasteiger partial charge is 0.275 e. The molecular formula is C13H18N4OS. The average Bonchev–Trinajstić information content (AvgIpc) is 2.95. The molecule has 6 heteroatoms. The molecule has 0 aliphatic heterocycles. The van der Waals surface area contributed by atoms with Crippen LogP contribution in [-0.4, -0.2) is 15.7 Å². The second kappa shape index (κ2) is 5.54. The van der Waals surface area contributed by atoms with E-state index in [0.29, 0.717) is 11.4 Å². The number of aryl methyl sites for hydroxylation is 1. The lowest BCUT2D eigenvalue weighted by Gasteiger charge is -2.06. The molecule has 2 aromatic heterocycles. The normalized spacial score (nSPS) is 10.7. The summed E-state index contributed by atoms with van der Waals surface area (Å²) >= 11 is 1.39. The first kappa shape index (κ1) is 13.8. The van der Waals surface area contributed by atoms with Crippen LogP contribution in [0.25, 0.3) is 0 Å². The van der Waals surface area contributed by atoms with E-state index >= 15 is 0 Å². The van der Waals surface area contributed by atoms with Crippen LogP contribution in [0.15, 0.2) is 11.4 Å². The van der Waals surface area contributed by atoms with E-state index in [1.807, 2.05) is 23.1 Å². The molecule has 0 unspecified atom stereocenters. The SMILES string of the molecule is CCc1c(C)nn(Cc2ccsc2C(=O)NN)c1C. The van der Waals surface area contributed by atoms with Gasteiger partial charge in [0.05, 0.1) is 17.1 Å². The minimum atomic E-state index is -0.248. The molecule has 0 radical (unpaired) electrons. The third-order valence-corrected chi connectivity index (χ3v) is 4.24. The van der Waals surface area contributed by atoms with Crippen molar-refractivity contribution in [3.8, 4) is 0 Å². The van der Waals surface area contributed by atoms with Crippen molar-refractivity contribution in [3.63, 3.8) is 0 Å². The molecule has 0 atom stereocenters. The van der Waals surface area contributed by atoms with Gasteiger partial charge in [-0.25, -0.2) is 5.84 Å². The van der Waals surface area contributed by atoms with Crippen LogP contribution in [0.4, 0.5) is 0 Å². The van der Waals surface area contributed by atoms with Crippen LogP contribution in [0.2, 0.25) is 0 Å². The Balaban J connectivity index is 2.32. The number of carbonyl (C=O) groups is 1. The highest BCUT2D eigenvalue weighted by Crippen LogP contribution is 2.20. The van der Waals surface area contributed by atoms with Crippen LogP contribution in [0.5, 0.6) is 0 Å². The third kappa shape index (κ3) is 2.54. The lowest BCUT2D eigenvalue weighted by molar-refractivity contribution is 0.0956. The molecule has 1 amide bonds. The van der Waals surface area contributed by atoms with Gasteiger partial charge >= 0.3 is 0 Å². The number of carbonyl (C=O) groups excluding carboxylic acids is 1. The molecule has 3 N–H and O–H groups in total. The molecule has 0 saturated carbocycles. The molecule has 0 aliphatic carbocycles. The highest BCUT2D eigenvalue weighted by Gasteiger charge is 2.15. The van der Waals surface area contributed by atoms with Crippen molar-refractivity contribution in [2.24, 2.45) is 5.84 Å². The predicted molar refractivity (Wildman–Crippen MR) is 76.2 cm³/mol. The molecule has 2 rings (SSSR count). The van der Waals surface area contributed by atoms with Gasteiger partial charge < -0.3 is 0 Å². The number of amides is 1. The Morgan fingerprint density at radius 2 is 2.26 bits per heavy atom. The van der Waals surface area contributed by atoms with Gasteiger partial charge in [-0.05, 0) is 42.8 Å². The maximum Gasteiger partial charge on any atom is 0.275 e. The van der Waals surface area contributed by atoms with Gasteiger partial charge in [0.2, 0.25) is 0 Å². The van der Waals surface area contributed by atoms with Gasteiger partial charge in [0, 0.05) is 5.69 Å². The number of aromatic nitrogens is 2. The maximum atomic E-state index is 11.6. The van der Waals surface area contributed by atoms with E-state index < -0.39 is 0 Å². The van der Waals surface area contributed by atoms with Gasteiger partial charge in [-0.1, -0.05) is 6.92 Å². The summed E-state index contributed by atoms with van der Waals surface area (Å²) in [6, 6.07) is 1.94. The third-order valence-electron chi connectivity index (χ3n) is 3.29. The monoisotopic (exact) mass is 278 g/mol. The molecule has 2 heterocycles. The molecule has 0 bridgehead atoms. The number of hydrogen-bond donors (Lipinski definition) is 2. The topological polar surface area (TPSA) is 72.9 Å². The van der Waals surface area contributed by atoms with Crippen molar-refractivity contribution in [2.45, 2.75) is 33.7 Å². The van der Waals surface area contributed by atoms with Gasteiger partial charge in [-0.2, -0.15) is 5.10 Å². The van der Waals surface area contributed by atoms with Crippen LogP contribution in [0, 0.1) is 13.8 Å². The highest BCUT2D eigenvalue weighted by atomic mass is 32.1. The summed E-state index contributed by atoms with van der Waals surface area (Å²) < 4.78 is 1.95. The molecule has 0 saturated heterocycles. The number of nitrogens with one attached hydrogen (secondary N) is 1. The molecular weight excluding hydrogens is 260 g/mol. The van der Waals surface area contributed by atoms with E-state index in [1.165, 1.54) is 16.9 Å². The maximum absolute atomic E-state index is 11.6. The molecule has 102 valence electrons. The number of nitrogens with zero attached hydrogens (tertiary/aromatic N) is 2. The second-order valence-corrected chi connectivity index (χ2v) is 5.33. The van der Waals surface area contributed by atoms with Crippen LogP contribution in [0.1, 0.15) is 39.1 Å². The van der Waals surface area contributed by atoms with E-state index in [9.17, 15) is 4.79 Å². The Kier molecular flexibility index (Phi) is 4.01. The lowest BCUT2D eigenvalue weighted by Crippen LogP contribution is -2.30. The molecule has 0 aliphatic rings. The lowest BCUT2D eigenvalue weighted by atomic mass is 10.1. The van der Waals surface area contributed by atoms with Crippen molar-refractivity contribution in [1.29, 1.82) is 0 Å². The number of hydrazine groups is 1. The highest BCUT2D eigenvalue weighted by molar-refractivity contribution is 7.12. The predicted octanol–water partition coefficient (Wildman–Crippen LogP) is 1.78. The van der Waals surface area contributed by atoms with Crippen molar-refractivity contribution < 1.29 is 4.79 Å². The Bertz CT molecular complexity index is 600. The summed E-state index contributed by atoms with van der Waals surface area (Å²) in [5.41, 5.74) is 6.61. The molecule has 19 heavy (non-hydrogen) atoms. The van der Waals surface area contributed by atoms with Gasteiger partial charge in [-0.3, -0.25) is 14.9 Å². The fourth-order valence-corrected chi connectivity index (χ4v) is 3.10. The summed E-state index contributed by atoms with van der Waals surface area (Å²) in [5, 5.41) is 6.44. The summed E-state index contributed by atoms with van der Waals surface area (Å²) in [7, 11) is 0. The second-order valence-electron chi connectivity index (χ2n) is 4.41. The van der Waals surface area contributed by atoms with E-state index in [1.54, 1.807) is 0 Å². The number of nitrogen functional groups attached to an aromatic ring is 1. The summed E-state index contributed by atoms with van der Waals surface area (Å²) in [4.78, 5) is 12.3. The first-order valence-corrected chi connectivity index (χ1v) is 7.06. The van der Waals surface area contributed by atoms with Crippen molar-refractivity contribution in [2.75, 3.05) is 0 Å². The van der Waals surface area contributed by atoms with Crippen molar-refractivity contribution in [1.82, 2.24) is 15.2 Å². The molecule has 2 aromatic rings. The minimum Gasteiger partial charge on any atom is -0.289 e. The van der Waals surface area contributed by atoms with Gasteiger partial charge in [0.1, 0.15) is 0 Å². The Morgan fingerprint density at radius 3 is 2.84 bits per heavy atom. The van der Waals surface area contributed by atoms with Gasteiger partial charge in [0.25, 0.3) is 5.91 Å². The van der Waals surface area contributed by atoms with Crippen molar-refractivity contribution >= 4 is 17.2 Å². The molecule has 0 fully saturated rings. The van der Waals surface area contributed by atoms with E-state index in [-0.39, 0.29) is 5.91 Å². The fourth-order valence-electron chi connectivity index (χ4n) is 2.29. The first-order chi connectivity index (χ1) is 9.08. The standard InChI is InChI=1S/C13H18N4OS/c1-4-11-8(2)16-17(9(11)3)7-10-5-6-19-12(10)13(18)15-14/h5-6H,4,7,14H2,1-3H3,(H,15,18). The fraction of sp³-hybridized carbons (Fsp3) is 0.385. The number of rotatable bonds is 4. The number of thiophene rings is 1. The zero-order valence-corrected chi connectivity index (χ0v) is 12.2. The Morgan fingerprint density at radius 1 is 1.53 bits per heavy atom. The van der Waals surface area contributed by atoms with Crippen molar-refractivity contribution in [3.05, 3.63) is 38.8 Å². The zero-order chi connectivity index (χ0) is 14.0. The Hall–Kier alpha value is -1.66. The van der Waals surface area contributed by atoms with Crippen LogP contribution in [0.3, 0.4) is 0 Å². The average molecular weight is 278 g/mol. The summed E-state index contributed by atoms with van der Waals surface area (Å²) in [6.07, 6.45) is 0.970. The van der Waals surface area contributed by atoms with E-state index in [2.05, 4.69) is 24.4 Å². The summed E-state index contributed by atoms with van der Waals surface area (Å²) in [5.74, 6) is 4.94. The zero-order valence-electron chi connectivity index (χ0n) is 11.4. The summed E-state index contributed by atoms with van der Waals surface area (Å²) in [6.45, 7) is 6.80. The minimum absolute atomic E-state index is 0.248. The molecule has 0 aromatic carbocycles. The number of nitrogens with two attached hydrogens (primary N) is 1. The largest absolute Gasteiger partial charge is 0.289 e. The van der Waals surface area contributed by atoms with Crippen LogP contribution >= 0.6 is 11.3 Å². The van der Waals surface area contributed by atoms with Gasteiger partial charge in [0.15, 0.2) is 0 Å². The Labute approximate surface area is 116 Å². The van der Waals surface area contributed by atoms with E-state index in [0.717, 1.165) is 23.4 Å². The van der Waals surface area contributed by atoms with E-state index in [4.69, 9.17) is 5.84 Å². The first-order valence-electron chi connectivity index (χ1n) is 6.18. The number of hydrogen-bond acceptors (Lipinski definition) is 4. The van der Waals surface area contributed by atoms with Crippen LogP contribution < -0.4 is 11.3 Å². The van der Waals surface area contributed by atoms with Crippen LogP contribution in [-0.2, 0) is 13.0 Å². The van der Waals surface area contributed by atoms with Gasteiger partial charge in [-0.15, -0.1) is 11.3 Å². The molecule has 0 spiro atoms.